The average molecular weight is 415 g/mol. The van der Waals surface area contributed by atoms with Crippen molar-refractivity contribution in [2.24, 2.45) is 5.10 Å². The highest BCUT2D eigenvalue weighted by Crippen LogP contribution is 2.28. The Morgan fingerprint density at radius 3 is 2.72 bits per heavy atom. The van der Waals surface area contributed by atoms with Gasteiger partial charge in [-0.1, -0.05) is 23.5 Å². The maximum Gasteiger partial charge on any atom is 0.247 e. The first kappa shape index (κ1) is 20.2. The zero-order valence-corrected chi connectivity index (χ0v) is 16.3. The molecule has 8 nitrogen and oxygen atoms in total. The summed E-state index contributed by atoms with van der Waals surface area (Å²) in [4.78, 5) is 11.8. The van der Waals surface area contributed by atoms with Gasteiger partial charge in [0.1, 0.15) is 17.4 Å². The van der Waals surface area contributed by atoms with Crippen LogP contribution in [0.3, 0.4) is 0 Å². The van der Waals surface area contributed by atoms with Crippen molar-refractivity contribution in [1.82, 2.24) is 15.6 Å². The van der Waals surface area contributed by atoms with Gasteiger partial charge in [-0.25, -0.2) is 9.82 Å². The van der Waals surface area contributed by atoms with Crippen LogP contribution in [-0.4, -0.2) is 29.4 Å². The Balaban J connectivity index is 1.56. The summed E-state index contributed by atoms with van der Waals surface area (Å²) in [6.07, 6.45) is 1.53. The van der Waals surface area contributed by atoms with Crippen molar-refractivity contribution in [1.29, 1.82) is 0 Å². The van der Waals surface area contributed by atoms with Crippen LogP contribution in [0.25, 0.3) is 0 Å². The van der Waals surface area contributed by atoms with Gasteiger partial charge >= 0.3 is 0 Å². The Morgan fingerprint density at radius 1 is 1.24 bits per heavy atom. The fraction of sp³-hybridized carbons (Fsp3) is 0.158. The summed E-state index contributed by atoms with van der Waals surface area (Å²) in [5.41, 5.74) is 9.43. The number of amides is 1. The zero-order chi connectivity index (χ0) is 20.6. The first-order chi connectivity index (χ1) is 14.0. The molecule has 0 atom stereocenters. The van der Waals surface area contributed by atoms with Gasteiger partial charge in [0.25, 0.3) is 0 Å². The largest absolute Gasteiger partial charge is 0.493 e. The number of nitrogens with one attached hydrogen (secondary N) is 1. The molecule has 1 heterocycles. The number of nitrogens with two attached hydrogens (primary N) is 1. The van der Waals surface area contributed by atoms with E-state index in [-0.39, 0.29) is 24.8 Å². The molecule has 3 rings (SSSR count). The van der Waals surface area contributed by atoms with Gasteiger partial charge in [-0.2, -0.15) is 5.10 Å². The summed E-state index contributed by atoms with van der Waals surface area (Å²) in [6.45, 7) is 0.274. The SMILES string of the molecule is COc1cc(/C=N\NC(=O)Cc2nnc(N)s2)ccc1OCc1ccc(F)cc1. The first-order valence-corrected chi connectivity index (χ1v) is 9.30. The quantitative estimate of drug-likeness (QED) is 0.432. The van der Waals surface area contributed by atoms with E-state index in [2.05, 4.69) is 20.7 Å². The zero-order valence-electron chi connectivity index (χ0n) is 15.5. The van der Waals surface area contributed by atoms with Gasteiger partial charge in [-0.05, 0) is 41.5 Å². The summed E-state index contributed by atoms with van der Waals surface area (Å²) in [7, 11) is 1.52. The third-order valence-electron chi connectivity index (χ3n) is 3.69. The van der Waals surface area contributed by atoms with E-state index >= 15 is 0 Å². The predicted octanol–water partition coefficient (Wildman–Crippen LogP) is 2.54. The lowest BCUT2D eigenvalue weighted by atomic mass is 10.2. The van der Waals surface area contributed by atoms with Gasteiger partial charge in [0.2, 0.25) is 11.0 Å². The number of carbonyl (C=O) groups is 1. The summed E-state index contributed by atoms with van der Waals surface area (Å²) in [6, 6.07) is 11.3. The molecule has 3 N–H and O–H groups in total. The number of benzene rings is 2. The Bertz CT molecular complexity index is 1010. The second-order valence-corrected chi connectivity index (χ2v) is 6.92. The molecule has 0 fully saturated rings. The third-order valence-corrected chi connectivity index (χ3v) is 4.44. The molecule has 0 saturated carbocycles. The maximum absolute atomic E-state index is 13.0. The highest BCUT2D eigenvalue weighted by Gasteiger charge is 2.08. The molecule has 0 radical (unpaired) electrons. The number of aromatic nitrogens is 2. The van der Waals surface area contributed by atoms with E-state index < -0.39 is 0 Å². The van der Waals surface area contributed by atoms with E-state index in [0.29, 0.717) is 27.2 Å². The number of hydrazone groups is 1. The number of hydrogen-bond donors (Lipinski definition) is 2. The summed E-state index contributed by atoms with van der Waals surface area (Å²) >= 11 is 1.15. The van der Waals surface area contributed by atoms with Crippen LogP contribution < -0.4 is 20.6 Å². The average Bonchev–Trinajstić information content (AvgIpc) is 3.12. The van der Waals surface area contributed by atoms with Crippen LogP contribution in [0.15, 0.2) is 47.6 Å². The second kappa shape index (κ2) is 9.60. The lowest BCUT2D eigenvalue weighted by Crippen LogP contribution is -2.19. The van der Waals surface area contributed by atoms with Crippen molar-refractivity contribution in [2.75, 3.05) is 12.8 Å². The predicted molar refractivity (Wildman–Crippen MR) is 107 cm³/mol. The van der Waals surface area contributed by atoms with Crippen molar-refractivity contribution in [3.8, 4) is 11.5 Å². The van der Waals surface area contributed by atoms with Crippen LogP contribution in [0, 0.1) is 5.82 Å². The van der Waals surface area contributed by atoms with Crippen LogP contribution in [0.1, 0.15) is 16.1 Å². The molecule has 150 valence electrons. The fourth-order valence-corrected chi connectivity index (χ4v) is 2.93. The van der Waals surface area contributed by atoms with E-state index in [1.807, 2.05) is 0 Å². The Labute approximate surface area is 170 Å². The maximum atomic E-state index is 13.0. The first-order valence-electron chi connectivity index (χ1n) is 8.48. The number of nitrogens with zero attached hydrogens (tertiary/aromatic N) is 3. The number of rotatable bonds is 8. The molecular weight excluding hydrogens is 397 g/mol. The van der Waals surface area contributed by atoms with Crippen molar-refractivity contribution in [2.45, 2.75) is 13.0 Å². The number of anilines is 1. The minimum Gasteiger partial charge on any atom is -0.493 e. The smallest absolute Gasteiger partial charge is 0.247 e. The van der Waals surface area contributed by atoms with E-state index in [9.17, 15) is 9.18 Å². The minimum atomic E-state index is -0.330. The molecule has 0 bridgehead atoms. The Kier molecular flexibility index (Phi) is 6.69. The molecule has 1 amide bonds. The number of carbonyl (C=O) groups excluding carboxylic acids is 1. The van der Waals surface area contributed by atoms with Gasteiger partial charge < -0.3 is 15.2 Å². The number of hydrogen-bond acceptors (Lipinski definition) is 8. The normalized spacial score (nSPS) is 10.8. The van der Waals surface area contributed by atoms with Crippen LogP contribution in [-0.2, 0) is 17.8 Å². The Morgan fingerprint density at radius 2 is 2.03 bits per heavy atom. The number of nitrogen functional groups attached to an aromatic ring is 1. The second-order valence-electron chi connectivity index (χ2n) is 5.83. The molecule has 0 aliphatic carbocycles. The van der Waals surface area contributed by atoms with Crippen molar-refractivity contribution >= 4 is 28.6 Å². The number of halogens is 1. The van der Waals surface area contributed by atoms with E-state index in [1.54, 1.807) is 30.3 Å². The lowest BCUT2D eigenvalue weighted by Gasteiger charge is -2.11. The molecule has 0 unspecified atom stereocenters. The summed E-state index contributed by atoms with van der Waals surface area (Å²) in [5, 5.41) is 12.2. The lowest BCUT2D eigenvalue weighted by molar-refractivity contribution is -0.120. The topological polar surface area (TPSA) is 112 Å². The van der Waals surface area contributed by atoms with Gasteiger partial charge in [-0.3, -0.25) is 4.79 Å². The molecule has 10 heteroatoms. The van der Waals surface area contributed by atoms with E-state index in [0.717, 1.165) is 16.9 Å². The van der Waals surface area contributed by atoms with Crippen LogP contribution in [0.5, 0.6) is 11.5 Å². The summed E-state index contributed by atoms with van der Waals surface area (Å²) in [5.74, 6) is 0.414. The molecule has 0 aliphatic rings. The molecule has 3 aromatic rings. The minimum absolute atomic E-state index is 0.0473. The van der Waals surface area contributed by atoms with Gasteiger partial charge in [0, 0.05) is 0 Å². The number of methoxy groups -OCH3 is 1. The highest BCUT2D eigenvalue weighted by atomic mass is 32.1. The van der Waals surface area contributed by atoms with Crippen LogP contribution in [0.2, 0.25) is 0 Å². The van der Waals surface area contributed by atoms with E-state index in [1.165, 1.54) is 25.5 Å². The molecule has 1 aromatic heterocycles. The van der Waals surface area contributed by atoms with Crippen molar-refractivity contribution in [3.05, 3.63) is 64.4 Å². The number of ether oxygens (including phenoxy) is 2. The highest BCUT2D eigenvalue weighted by molar-refractivity contribution is 7.15. The third kappa shape index (κ3) is 5.98. The van der Waals surface area contributed by atoms with Gasteiger partial charge in [-0.15, -0.1) is 10.2 Å². The van der Waals surface area contributed by atoms with Crippen LogP contribution >= 0.6 is 11.3 Å². The molecule has 2 aromatic carbocycles. The van der Waals surface area contributed by atoms with Crippen LogP contribution in [0.4, 0.5) is 9.52 Å². The van der Waals surface area contributed by atoms with Gasteiger partial charge in [0.15, 0.2) is 11.5 Å². The van der Waals surface area contributed by atoms with Crippen molar-refractivity contribution in [3.63, 3.8) is 0 Å². The van der Waals surface area contributed by atoms with Gasteiger partial charge in [0.05, 0.1) is 19.7 Å². The van der Waals surface area contributed by atoms with E-state index in [4.69, 9.17) is 15.2 Å². The standard InChI is InChI=1S/C19H18FN5O3S/c1-27-16-8-13(10-22-23-17(26)9-18-24-25-19(21)29-18)4-7-15(16)28-11-12-2-5-14(20)6-3-12/h2-8,10H,9,11H2,1H3,(H2,21,25)(H,23,26)/b22-10-. The Hall–Kier alpha value is -3.53. The molecule has 0 aliphatic heterocycles. The molecule has 0 saturated heterocycles. The summed E-state index contributed by atoms with van der Waals surface area (Å²) < 4.78 is 24.0. The molecule has 29 heavy (non-hydrogen) atoms. The molecule has 0 spiro atoms. The van der Waals surface area contributed by atoms with Crippen molar-refractivity contribution < 1.29 is 18.7 Å². The monoisotopic (exact) mass is 415 g/mol. The fourth-order valence-electron chi connectivity index (χ4n) is 2.32. The molecular formula is C19H18FN5O3S.